The lowest BCUT2D eigenvalue weighted by molar-refractivity contribution is -0.0465. The van der Waals surface area contributed by atoms with Crippen LogP contribution in [-0.4, -0.2) is 50.9 Å². The van der Waals surface area contributed by atoms with E-state index in [9.17, 15) is 0 Å². The molecule has 1 aliphatic heterocycles. The zero-order chi connectivity index (χ0) is 15.2. The van der Waals surface area contributed by atoms with Gasteiger partial charge < -0.3 is 14.8 Å². The quantitative estimate of drug-likeness (QED) is 0.876. The van der Waals surface area contributed by atoms with Crippen molar-refractivity contribution in [2.45, 2.75) is 26.0 Å². The summed E-state index contributed by atoms with van der Waals surface area (Å²) in [5.41, 5.74) is 1.08. The van der Waals surface area contributed by atoms with E-state index in [1.807, 2.05) is 25.2 Å². The summed E-state index contributed by atoms with van der Waals surface area (Å²) in [7, 11) is 1.93. The van der Waals surface area contributed by atoms with E-state index in [4.69, 9.17) is 21.1 Å². The fourth-order valence-corrected chi connectivity index (χ4v) is 2.68. The molecule has 4 nitrogen and oxygen atoms in total. The number of likely N-dealkylation sites (N-methyl/N-ethyl adjacent to an activating group) is 1. The highest BCUT2D eigenvalue weighted by Crippen LogP contribution is 2.28. The van der Waals surface area contributed by atoms with Crippen molar-refractivity contribution in [2.24, 2.45) is 0 Å². The summed E-state index contributed by atoms with van der Waals surface area (Å²) in [4.78, 5) is 2.39. The molecule has 0 amide bonds. The first-order chi connectivity index (χ1) is 10.1. The maximum Gasteiger partial charge on any atom is 0.124 e. The topological polar surface area (TPSA) is 33.7 Å². The third-order valence-electron chi connectivity index (χ3n) is 3.97. The molecule has 118 valence electrons. The molecule has 0 saturated carbocycles. The number of hydrogen-bond acceptors (Lipinski definition) is 4. The van der Waals surface area contributed by atoms with Gasteiger partial charge in [0.2, 0.25) is 0 Å². The van der Waals surface area contributed by atoms with Crippen molar-refractivity contribution in [1.82, 2.24) is 10.2 Å². The molecule has 1 heterocycles. The minimum Gasteiger partial charge on any atom is -0.490 e. The third kappa shape index (κ3) is 4.58. The fourth-order valence-electron chi connectivity index (χ4n) is 2.50. The average molecular weight is 313 g/mol. The van der Waals surface area contributed by atoms with Gasteiger partial charge in [-0.1, -0.05) is 18.5 Å². The van der Waals surface area contributed by atoms with Crippen molar-refractivity contribution in [1.29, 1.82) is 0 Å². The lowest BCUT2D eigenvalue weighted by Crippen LogP contribution is -2.44. The Morgan fingerprint density at radius 2 is 2.33 bits per heavy atom. The molecule has 1 N–H and O–H groups in total. The standard InChI is InChI=1S/C16H25ClN2O2/c1-4-19-7-8-20-14(10-19)11-21-16-6-5-13(17)9-15(16)12(2)18-3/h5-6,9,12,14,18H,4,7-8,10-11H2,1-3H3. The lowest BCUT2D eigenvalue weighted by atomic mass is 10.1. The van der Waals surface area contributed by atoms with Gasteiger partial charge in [-0.3, -0.25) is 4.90 Å². The SMILES string of the molecule is CCN1CCOC(COc2ccc(Cl)cc2C(C)NC)C1. The fraction of sp³-hybridized carbons (Fsp3) is 0.625. The van der Waals surface area contributed by atoms with Gasteiger partial charge in [0.25, 0.3) is 0 Å². The van der Waals surface area contributed by atoms with E-state index in [-0.39, 0.29) is 12.1 Å². The molecule has 1 saturated heterocycles. The average Bonchev–Trinajstić information content (AvgIpc) is 2.53. The van der Waals surface area contributed by atoms with Crippen molar-refractivity contribution in [3.8, 4) is 5.75 Å². The van der Waals surface area contributed by atoms with Gasteiger partial charge in [-0.05, 0) is 38.7 Å². The van der Waals surface area contributed by atoms with Gasteiger partial charge in [0.1, 0.15) is 18.5 Å². The first-order valence-electron chi connectivity index (χ1n) is 7.57. The van der Waals surface area contributed by atoms with Crippen molar-refractivity contribution >= 4 is 11.6 Å². The number of morpholine rings is 1. The Hall–Kier alpha value is -0.810. The second kappa shape index (κ2) is 7.99. The molecule has 1 aromatic carbocycles. The molecule has 2 atom stereocenters. The summed E-state index contributed by atoms with van der Waals surface area (Å²) >= 11 is 6.09. The minimum atomic E-state index is 0.132. The predicted octanol–water partition coefficient (Wildman–Crippen LogP) is 2.72. The molecule has 1 aliphatic rings. The summed E-state index contributed by atoms with van der Waals surface area (Å²) in [5.74, 6) is 0.874. The molecule has 1 aromatic rings. The largest absolute Gasteiger partial charge is 0.490 e. The first-order valence-corrected chi connectivity index (χ1v) is 7.95. The summed E-state index contributed by atoms with van der Waals surface area (Å²) in [6.45, 7) is 8.62. The van der Waals surface area contributed by atoms with Crippen LogP contribution >= 0.6 is 11.6 Å². The van der Waals surface area contributed by atoms with Gasteiger partial charge in [0.15, 0.2) is 0 Å². The Labute approximate surface area is 132 Å². The Morgan fingerprint density at radius 1 is 1.52 bits per heavy atom. The highest BCUT2D eigenvalue weighted by Gasteiger charge is 2.20. The molecular formula is C16H25ClN2O2. The van der Waals surface area contributed by atoms with Crippen LogP contribution in [0.1, 0.15) is 25.5 Å². The van der Waals surface area contributed by atoms with Crippen molar-refractivity contribution in [2.75, 3.05) is 39.9 Å². The lowest BCUT2D eigenvalue weighted by Gasteiger charge is -2.32. The van der Waals surface area contributed by atoms with E-state index in [1.165, 1.54) is 0 Å². The van der Waals surface area contributed by atoms with Crippen LogP contribution in [0, 0.1) is 0 Å². The third-order valence-corrected chi connectivity index (χ3v) is 4.20. The number of hydrogen-bond donors (Lipinski definition) is 1. The number of rotatable bonds is 6. The second-order valence-electron chi connectivity index (χ2n) is 5.39. The van der Waals surface area contributed by atoms with E-state index in [0.29, 0.717) is 6.61 Å². The maximum atomic E-state index is 6.09. The molecule has 0 spiro atoms. The van der Waals surface area contributed by atoms with Crippen LogP contribution in [-0.2, 0) is 4.74 Å². The van der Waals surface area contributed by atoms with Gasteiger partial charge in [0.05, 0.1) is 6.61 Å². The molecule has 0 aromatic heterocycles. The zero-order valence-electron chi connectivity index (χ0n) is 13.1. The first kappa shape index (κ1) is 16.6. The highest BCUT2D eigenvalue weighted by molar-refractivity contribution is 6.30. The second-order valence-corrected chi connectivity index (χ2v) is 5.83. The van der Waals surface area contributed by atoms with Crippen LogP contribution < -0.4 is 10.1 Å². The molecule has 2 unspecified atom stereocenters. The van der Waals surface area contributed by atoms with Crippen molar-refractivity contribution in [3.63, 3.8) is 0 Å². The molecule has 2 rings (SSSR count). The number of benzene rings is 1. The summed E-state index contributed by atoms with van der Waals surface area (Å²) < 4.78 is 11.8. The predicted molar refractivity (Wildman–Crippen MR) is 86.3 cm³/mol. The molecular weight excluding hydrogens is 288 g/mol. The van der Waals surface area contributed by atoms with Gasteiger partial charge in [-0.15, -0.1) is 0 Å². The van der Waals surface area contributed by atoms with Crippen LogP contribution in [0.15, 0.2) is 18.2 Å². The van der Waals surface area contributed by atoms with Crippen molar-refractivity contribution in [3.05, 3.63) is 28.8 Å². The van der Waals surface area contributed by atoms with E-state index in [1.54, 1.807) is 0 Å². The minimum absolute atomic E-state index is 0.132. The Kier molecular flexibility index (Phi) is 6.30. The van der Waals surface area contributed by atoms with Crippen molar-refractivity contribution < 1.29 is 9.47 Å². The monoisotopic (exact) mass is 312 g/mol. The van der Waals surface area contributed by atoms with E-state index in [2.05, 4.69) is 24.1 Å². The Morgan fingerprint density at radius 3 is 3.05 bits per heavy atom. The van der Waals surface area contributed by atoms with Gasteiger partial charge in [-0.25, -0.2) is 0 Å². The van der Waals surface area contributed by atoms with Crippen LogP contribution in [0.5, 0.6) is 5.75 Å². The zero-order valence-corrected chi connectivity index (χ0v) is 13.8. The van der Waals surface area contributed by atoms with E-state index >= 15 is 0 Å². The van der Waals surface area contributed by atoms with Gasteiger partial charge in [-0.2, -0.15) is 0 Å². The van der Waals surface area contributed by atoms with Crippen LogP contribution in [0.2, 0.25) is 5.02 Å². The highest BCUT2D eigenvalue weighted by atomic mass is 35.5. The molecule has 0 radical (unpaired) electrons. The van der Waals surface area contributed by atoms with Gasteiger partial charge in [0, 0.05) is 29.7 Å². The van der Waals surface area contributed by atoms with E-state index < -0.39 is 0 Å². The molecule has 1 fully saturated rings. The van der Waals surface area contributed by atoms with Gasteiger partial charge >= 0.3 is 0 Å². The summed E-state index contributed by atoms with van der Waals surface area (Å²) in [5, 5.41) is 3.95. The number of nitrogens with zero attached hydrogens (tertiary/aromatic N) is 1. The summed E-state index contributed by atoms with van der Waals surface area (Å²) in [6.07, 6.45) is 0.132. The number of ether oxygens (including phenoxy) is 2. The van der Waals surface area contributed by atoms with Crippen LogP contribution in [0.4, 0.5) is 0 Å². The van der Waals surface area contributed by atoms with Crippen LogP contribution in [0.25, 0.3) is 0 Å². The smallest absolute Gasteiger partial charge is 0.124 e. The molecule has 5 heteroatoms. The number of nitrogens with one attached hydrogen (secondary N) is 1. The molecule has 21 heavy (non-hydrogen) atoms. The maximum absolute atomic E-state index is 6.09. The normalized spacial score (nSPS) is 21.2. The molecule has 0 aliphatic carbocycles. The van der Waals surface area contributed by atoms with Crippen LogP contribution in [0.3, 0.4) is 0 Å². The summed E-state index contributed by atoms with van der Waals surface area (Å²) in [6, 6.07) is 5.95. The Bertz CT molecular complexity index is 456. The number of halogens is 1. The Balaban J connectivity index is 1.99. The van der Waals surface area contributed by atoms with E-state index in [0.717, 1.165) is 42.6 Å². The molecule has 0 bridgehead atoms.